The van der Waals surface area contributed by atoms with Crippen molar-refractivity contribution in [3.63, 3.8) is 0 Å². The first kappa shape index (κ1) is 20.0. The van der Waals surface area contributed by atoms with Gasteiger partial charge in [0, 0.05) is 64.4 Å². The van der Waals surface area contributed by atoms with Gasteiger partial charge in [0.25, 0.3) is 0 Å². The van der Waals surface area contributed by atoms with Gasteiger partial charge in [0.2, 0.25) is 0 Å². The second-order valence-electron chi connectivity index (χ2n) is 7.66. The highest BCUT2D eigenvalue weighted by molar-refractivity contribution is 7.13. The standard InChI is InChI=1S/C22H31N5OS/c1-23-21(24-12-9-18-17-29-22(25-18)27-13-5-6-14-27)26-15-10-20(11-16-26)28-19-7-3-2-4-8-19/h2-4,7-8,17,20H,5-6,9-16H2,1H3,(H,23,24). The Morgan fingerprint density at radius 3 is 2.66 bits per heavy atom. The quantitative estimate of drug-likeness (QED) is 0.581. The van der Waals surface area contributed by atoms with Crippen LogP contribution >= 0.6 is 11.3 Å². The number of para-hydroxylation sites is 1. The molecule has 0 aliphatic carbocycles. The van der Waals surface area contributed by atoms with Crippen LogP contribution in [0.4, 0.5) is 5.13 Å². The molecule has 0 atom stereocenters. The van der Waals surface area contributed by atoms with Crippen molar-refractivity contribution in [3.05, 3.63) is 41.4 Å². The second kappa shape index (κ2) is 9.96. The lowest BCUT2D eigenvalue weighted by Gasteiger charge is -2.34. The predicted molar refractivity (Wildman–Crippen MR) is 120 cm³/mol. The van der Waals surface area contributed by atoms with Crippen molar-refractivity contribution < 1.29 is 4.74 Å². The molecule has 4 rings (SSSR count). The van der Waals surface area contributed by atoms with Gasteiger partial charge in [-0.15, -0.1) is 11.3 Å². The molecule has 3 heterocycles. The number of nitrogens with zero attached hydrogens (tertiary/aromatic N) is 4. The van der Waals surface area contributed by atoms with Gasteiger partial charge in [-0.1, -0.05) is 18.2 Å². The summed E-state index contributed by atoms with van der Waals surface area (Å²) in [5, 5.41) is 6.90. The number of aromatic nitrogens is 1. The molecule has 0 saturated carbocycles. The molecule has 2 aliphatic heterocycles. The van der Waals surface area contributed by atoms with Gasteiger partial charge in [-0.25, -0.2) is 4.98 Å². The van der Waals surface area contributed by atoms with Crippen molar-refractivity contribution in [3.8, 4) is 5.75 Å². The Morgan fingerprint density at radius 2 is 1.93 bits per heavy atom. The number of hydrogen-bond acceptors (Lipinski definition) is 5. The van der Waals surface area contributed by atoms with Gasteiger partial charge in [0.05, 0.1) is 5.69 Å². The van der Waals surface area contributed by atoms with Gasteiger partial charge < -0.3 is 19.9 Å². The van der Waals surface area contributed by atoms with E-state index in [0.29, 0.717) is 0 Å². The summed E-state index contributed by atoms with van der Waals surface area (Å²) in [6.45, 7) is 5.10. The molecule has 6 nitrogen and oxygen atoms in total. The molecule has 1 aromatic carbocycles. The molecule has 2 aliphatic rings. The van der Waals surface area contributed by atoms with E-state index in [9.17, 15) is 0 Å². The van der Waals surface area contributed by atoms with Crippen molar-refractivity contribution >= 4 is 22.4 Å². The first-order valence-corrected chi connectivity index (χ1v) is 11.6. The number of rotatable bonds is 6. The molecule has 2 fully saturated rings. The van der Waals surface area contributed by atoms with Crippen LogP contribution in [0.1, 0.15) is 31.4 Å². The van der Waals surface area contributed by atoms with Crippen LogP contribution in [0.5, 0.6) is 5.75 Å². The minimum absolute atomic E-state index is 0.283. The third kappa shape index (κ3) is 5.41. The number of nitrogens with one attached hydrogen (secondary N) is 1. The van der Waals surface area contributed by atoms with E-state index in [1.807, 2.05) is 37.4 Å². The molecule has 2 aromatic rings. The first-order chi connectivity index (χ1) is 14.3. The van der Waals surface area contributed by atoms with Crippen molar-refractivity contribution in [1.29, 1.82) is 0 Å². The molecule has 0 amide bonds. The van der Waals surface area contributed by atoms with E-state index in [0.717, 1.165) is 63.7 Å². The lowest BCUT2D eigenvalue weighted by Crippen LogP contribution is -2.47. The maximum absolute atomic E-state index is 6.10. The van der Waals surface area contributed by atoms with Crippen molar-refractivity contribution in [1.82, 2.24) is 15.2 Å². The Labute approximate surface area is 177 Å². The number of anilines is 1. The minimum Gasteiger partial charge on any atom is -0.490 e. The average molecular weight is 414 g/mol. The van der Waals surface area contributed by atoms with Gasteiger partial charge >= 0.3 is 0 Å². The average Bonchev–Trinajstić information content (AvgIpc) is 3.45. The Hall–Kier alpha value is -2.28. The molecule has 0 unspecified atom stereocenters. The van der Waals surface area contributed by atoms with Gasteiger partial charge in [0.1, 0.15) is 11.9 Å². The van der Waals surface area contributed by atoms with E-state index < -0.39 is 0 Å². The second-order valence-corrected chi connectivity index (χ2v) is 8.49. The molecule has 0 radical (unpaired) electrons. The summed E-state index contributed by atoms with van der Waals surface area (Å²) in [7, 11) is 1.86. The summed E-state index contributed by atoms with van der Waals surface area (Å²) < 4.78 is 6.10. The summed E-state index contributed by atoms with van der Waals surface area (Å²) in [4.78, 5) is 14.0. The third-order valence-electron chi connectivity index (χ3n) is 5.58. The fraction of sp³-hybridized carbons (Fsp3) is 0.545. The maximum Gasteiger partial charge on any atom is 0.193 e. The van der Waals surface area contributed by atoms with Crippen molar-refractivity contribution in [2.75, 3.05) is 44.7 Å². The van der Waals surface area contributed by atoms with Crippen molar-refractivity contribution in [2.24, 2.45) is 4.99 Å². The monoisotopic (exact) mass is 413 g/mol. The predicted octanol–water partition coefficient (Wildman–Crippen LogP) is 3.40. The highest BCUT2D eigenvalue weighted by atomic mass is 32.1. The summed E-state index contributed by atoms with van der Waals surface area (Å²) in [6.07, 6.45) is 5.82. The number of thiazole rings is 1. The maximum atomic E-state index is 6.10. The molecule has 0 bridgehead atoms. The largest absolute Gasteiger partial charge is 0.490 e. The number of ether oxygens (including phenoxy) is 1. The SMILES string of the molecule is CN=C(NCCc1csc(N2CCCC2)n1)N1CCC(Oc2ccccc2)CC1. The highest BCUT2D eigenvalue weighted by Gasteiger charge is 2.22. The minimum atomic E-state index is 0.283. The number of aliphatic imine (C=N–C) groups is 1. The summed E-state index contributed by atoms with van der Waals surface area (Å²) in [5.74, 6) is 1.95. The number of guanidine groups is 1. The van der Waals surface area contributed by atoms with E-state index in [-0.39, 0.29) is 6.10 Å². The lowest BCUT2D eigenvalue weighted by atomic mass is 10.1. The highest BCUT2D eigenvalue weighted by Crippen LogP contribution is 2.24. The number of benzene rings is 1. The Balaban J connectivity index is 1.20. The molecule has 0 spiro atoms. The third-order valence-corrected chi connectivity index (χ3v) is 6.53. The lowest BCUT2D eigenvalue weighted by molar-refractivity contribution is 0.129. The molecule has 7 heteroatoms. The topological polar surface area (TPSA) is 53.0 Å². The first-order valence-electron chi connectivity index (χ1n) is 10.7. The van der Waals surface area contributed by atoms with Crippen molar-refractivity contribution in [2.45, 2.75) is 38.2 Å². The molecule has 2 saturated heterocycles. The van der Waals surface area contributed by atoms with Gasteiger partial charge in [-0.3, -0.25) is 4.99 Å². The Kier molecular flexibility index (Phi) is 6.87. The van der Waals surface area contributed by atoms with Crippen LogP contribution in [0.15, 0.2) is 40.7 Å². The van der Waals surface area contributed by atoms with E-state index in [1.54, 1.807) is 11.3 Å². The molecular weight excluding hydrogens is 382 g/mol. The van der Waals surface area contributed by atoms with E-state index in [1.165, 1.54) is 23.7 Å². The van der Waals surface area contributed by atoms with E-state index >= 15 is 0 Å². The normalized spacial score (nSPS) is 18.3. The zero-order valence-corrected chi connectivity index (χ0v) is 18.0. The van der Waals surface area contributed by atoms with Gasteiger partial charge in [-0.05, 0) is 25.0 Å². The van der Waals surface area contributed by atoms with Crippen LogP contribution < -0.4 is 15.0 Å². The van der Waals surface area contributed by atoms with Crippen LogP contribution in [0.25, 0.3) is 0 Å². The summed E-state index contributed by atoms with van der Waals surface area (Å²) in [5.41, 5.74) is 1.18. The van der Waals surface area contributed by atoms with Crippen LogP contribution in [0, 0.1) is 0 Å². The molecule has 156 valence electrons. The zero-order valence-electron chi connectivity index (χ0n) is 17.2. The van der Waals surface area contributed by atoms with Gasteiger partial charge in [-0.2, -0.15) is 0 Å². The summed E-state index contributed by atoms with van der Waals surface area (Å²) in [6, 6.07) is 10.1. The molecular formula is C22H31N5OS. The van der Waals surface area contributed by atoms with E-state index in [2.05, 4.69) is 25.5 Å². The van der Waals surface area contributed by atoms with Gasteiger partial charge in [0.15, 0.2) is 11.1 Å². The van der Waals surface area contributed by atoms with Crippen LogP contribution in [0.2, 0.25) is 0 Å². The number of likely N-dealkylation sites (tertiary alicyclic amines) is 1. The summed E-state index contributed by atoms with van der Waals surface area (Å²) >= 11 is 1.77. The molecule has 1 aromatic heterocycles. The fourth-order valence-electron chi connectivity index (χ4n) is 3.98. The number of hydrogen-bond donors (Lipinski definition) is 1. The van der Waals surface area contributed by atoms with Crippen LogP contribution in [-0.2, 0) is 6.42 Å². The Bertz CT molecular complexity index is 780. The zero-order chi connectivity index (χ0) is 19.9. The number of piperidine rings is 1. The van der Waals surface area contributed by atoms with Crippen LogP contribution in [0.3, 0.4) is 0 Å². The molecule has 29 heavy (non-hydrogen) atoms. The molecule has 1 N–H and O–H groups in total. The Morgan fingerprint density at radius 1 is 1.17 bits per heavy atom. The van der Waals surface area contributed by atoms with Crippen LogP contribution in [-0.4, -0.2) is 61.7 Å². The fourth-order valence-corrected chi connectivity index (χ4v) is 4.89. The van der Waals surface area contributed by atoms with E-state index in [4.69, 9.17) is 9.72 Å². The smallest absolute Gasteiger partial charge is 0.193 e.